The maximum absolute atomic E-state index is 8.69. The number of furan rings is 1. The van der Waals surface area contributed by atoms with Crippen molar-refractivity contribution in [2.24, 2.45) is 0 Å². The molecule has 0 aliphatic heterocycles. The van der Waals surface area contributed by atoms with Gasteiger partial charge in [-0.2, -0.15) is 0 Å². The number of allylic oxidation sites excluding steroid dienone is 5. The Morgan fingerprint density at radius 3 is 2.27 bits per heavy atom. The zero-order valence-electron chi connectivity index (χ0n) is 25.3. The van der Waals surface area contributed by atoms with Crippen LogP contribution in [0.25, 0.3) is 60.6 Å². The number of nitrogens with zero attached hydrogens (tertiary/aromatic N) is 1. The van der Waals surface area contributed by atoms with Crippen LogP contribution in [0.3, 0.4) is 0 Å². The fraction of sp³-hybridized carbons (Fsp3) is 0.0976. The molecule has 0 bridgehead atoms. The Morgan fingerprint density at radius 2 is 1.47 bits per heavy atom. The molecule has 0 radical (unpaired) electrons. The van der Waals surface area contributed by atoms with Crippen LogP contribution in [-0.4, -0.2) is 10.3 Å². The summed E-state index contributed by atoms with van der Waals surface area (Å²) in [4.78, 5) is 0. The van der Waals surface area contributed by atoms with Gasteiger partial charge in [-0.25, -0.2) is 0 Å². The van der Waals surface area contributed by atoms with Gasteiger partial charge in [0.25, 0.3) is 0 Å². The van der Waals surface area contributed by atoms with Gasteiger partial charge in [0.1, 0.15) is 11.2 Å². The van der Waals surface area contributed by atoms with Gasteiger partial charge in [-0.3, -0.25) is 0 Å². The van der Waals surface area contributed by atoms with E-state index in [0.717, 1.165) is 60.6 Å². The lowest BCUT2D eigenvalue weighted by molar-refractivity contribution is 0.672. The van der Waals surface area contributed by atoms with Crippen LogP contribution in [0.2, 0.25) is 0 Å². The predicted molar refractivity (Wildman–Crippen MR) is 189 cm³/mol. The van der Waals surface area contributed by atoms with Crippen molar-refractivity contribution in [3.05, 3.63) is 150 Å². The summed E-state index contributed by atoms with van der Waals surface area (Å²) in [6.07, 6.45) is 7.76. The molecular weight excluding hydrogens is 550 g/mol. The topological polar surface area (TPSA) is 54.0 Å². The van der Waals surface area contributed by atoms with Gasteiger partial charge in [0, 0.05) is 21.7 Å². The first-order valence-corrected chi connectivity index (χ1v) is 15.5. The van der Waals surface area contributed by atoms with Crippen LogP contribution in [0, 0.1) is 5.41 Å². The van der Waals surface area contributed by atoms with E-state index in [4.69, 9.17) is 9.83 Å². The fourth-order valence-electron chi connectivity index (χ4n) is 6.59. The summed E-state index contributed by atoms with van der Waals surface area (Å²) in [5.74, 6) is 0.491. The molecule has 45 heavy (non-hydrogen) atoms. The number of hydrogen-bond acceptors (Lipinski definition) is 3. The summed E-state index contributed by atoms with van der Waals surface area (Å²) in [7, 11) is 0. The van der Waals surface area contributed by atoms with Gasteiger partial charge in [0.15, 0.2) is 0 Å². The van der Waals surface area contributed by atoms with Gasteiger partial charge in [-0.15, -0.1) is 0 Å². The number of para-hydroxylation sites is 1. The Morgan fingerprint density at radius 1 is 0.733 bits per heavy atom. The summed E-state index contributed by atoms with van der Waals surface area (Å²) in [5.41, 5.74) is 11.1. The summed E-state index contributed by atoms with van der Waals surface area (Å²) < 4.78 is 8.90. The highest BCUT2D eigenvalue weighted by molar-refractivity contribution is 6.23. The molecule has 0 spiro atoms. The zero-order chi connectivity index (χ0) is 30.5. The molecule has 4 nitrogen and oxygen atoms in total. The molecule has 0 amide bonds. The molecule has 0 saturated carbocycles. The Kier molecular flexibility index (Phi) is 6.49. The van der Waals surface area contributed by atoms with Crippen LogP contribution < -0.4 is 5.32 Å². The van der Waals surface area contributed by atoms with Crippen molar-refractivity contribution in [2.75, 3.05) is 0 Å². The Labute approximate surface area is 262 Å². The molecule has 0 atom stereocenters. The normalized spacial score (nSPS) is 14.4. The molecule has 1 aliphatic carbocycles. The number of nitrogens with one attached hydrogen (secondary N) is 2. The average molecular weight is 584 g/mol. The van der Waals surface area contributed by atoms with Gasteiger partial charge in [0.05, 0.1) is 34.5 Å². The summed E-state index contributed by atoms with van der Waals surface area (Å²) in [6.45, 7) is 4.97. The quantitative estimate of drug-likeness (QED) is 0.205. The number of aromatic nitrogens is 1. The third kappa shape index (κ3) is 4.58. The van der Waals surface area contributed by atoms with E-state index < -0.39 is 0 Å². The van der Waals surface area contributed by atoms with Crippen molar-refractivity contribution in [1.82, 2.24) is 9.88 Å². The van der Waals surface area contributed by atoms with Gasteiger partial charge >= 0.3 is 0 Å². The van der Waals surface area contributed by atoms with E-state index in [0.29, 0.717) is 18.3 Å². The van der Waals surface area contributed by atoms with Crippen LogP contribution in [0.4, 0.5) is 0 Å². The van der Waals surface area contributed by atoms with Crippen LogP contribution in [0.5, 0.6) is 0 Å². The van der Waals surface area contributed by atoms with E-state index >= 15 is 0 Å². The molecule has 5 aromatic carbocycles. The third-order valence-electron chi connectivity index (χ3n) is 8.96. The molecule has 218 valence electrons. The van der Waals surface area contributed by atoms with Crippen molar-refractivity contribution >= 4 is 55.2 Å². The minimum absolute atomic E-state index is 0.488. The van der Waals surface area contributed by atoms with E-state index in [1.807, 2.05) is 54.6 Å². The first-order valence-electron chi connectivity index (χ1n) is 15.5. The summed E-state index contributed by atoms with van der Waals surface area (Å²) in [6, 6.07) is 38.7. The highest BCUT2D eigenvalue weighted by Gasteiger charge is 2.19. The van der Waals surface area contributed by atoms with Crippen molar-refractivity contribution in [3.63, 3.8) is 0 Å². The minimum atomic E-state index is 0.488. The number of hydrogen-bond donors (Lipinski definition) is 2. The molecule has 1 aliphatic rings. The van der Waals surface area contributed by atoms with Crippen molar-refractivity contribution < 1.29 is 4.42 Å². The van der Waals surface area contributed by atoms with Crippen LogP contribution in [0.15, 0.2) is 143 Å². The van der Waals surface area contributed by atoms with Crippen molar-refractivity contribution in [2.45, 2.75) is 26.4 Å². The standard InChI is InChI=1S/C41H33N3O/c1-26(2)27-16-18-28(19-17-27)30-20-21-34-37(24-30)44(36-23-22-32-31-12-7-9-15-38(31)45-41(32)39(34)36)25-43-40(29-10-4-3-5-11-29)33-13-6-8-14-35(33)42/h3-24,26,42-43H,25H2,1-2H3/b40-33-,42-35?. The van der Waals surface area contributed by atoms with Gasteiger partial charge in [-0.05, 0) is 58.5 Å². The molecule has 0 unspecified atom stereocenters. The molecule has 2 aromatic heterocycles. The van der Waals surface area contributed by atoms with E-state index in [1.54, 1.807) is 0 Å². The maximum atomic E-state index is 8.69. The average Bonchev–Trinajstić information content (AvgIpc) is 3.61. The van der Waals surface area contributed by atoms with E-state index in [9.17, 15) is 0 Å². The van der Waals surface area contributed by atoms with Crippen LogP contribution in [-0.2, 0) is 6.67 Å². The van der Waals surface area contributed by atoms with Crippen molar-refractivity contribution in [1.29, 1.82) is 5.41 Å². The monoisotopic (exact) mass is 583 g/mol. The lowest BCUT2D eigenvalue weighted by Gasteiger charge is -2.18. The first kappa shape index (κ1) is 27.0. The lowest BCUT2D eigenvalue weighted by Crippen LogP contribution is -2.20. The fourth-order valence-corrected chi connectivity index (χ4v) is 6.59. The maximum Gasteiger partial charge on any atom is 0.145 e. The SMILES string of the molecule is CC(C)c1ccc(-c2ccc3c4c5oc6ccccc6c5ccc4n(CN/C(=C4/C=CC=CC4=N)c4ccccc4)c3c2)cc1. The molecular formula is C41H33N3O. The molecule has 0 fully saturated rings. The smallest absolute Gasteiger partial charge is 0.145 e. The summed E-state index contributed by atoms with van der Waals surface area (Å²) >= 11 is 0. The van der Waals surface area contributed by atoms with E-state index in [1.165, 1.54) is 16.7 Å². The van der Waals surface area contributed by atoms with Crippen LogP contribution in [0.1, 0.15) is 30.9 Å². The highest BCUT2D eigenvalue weighted by Crippen LogP contribution is 2.40. The minimum Gasteiger partial charge on any atom is -0.455 e. The van der Waals surface area contributed by atoms with E-state index in [2.05, 4.69) is 103 Å². The second-order valence-corrected chi connectivity index (χ2v) is 12.0. The second-order valence-electron chi connectivity index (χ2n) is 12.0. The number of rotatable bonds is 6. The Hall–Kier alpha value is -5.61. The Balaban J connectivity index is 1.33. The first-order chi connectivity index (χ1) is 22.1. The molecule has 2 heterocycles. The van der Waals surface area contributed by atoms with Gasteiger partial charge < -0.3 is 19.7 Å². The number of benzene rings is 5. The van der Waals surface area contributed by atoms with E-state index in [-0.39, 0.29) is 0 Å². The summed E-state index contributed by atoms with van der Waals surface area (Å²) in [5, 5.41) is 17.0. The second kappa shape index (κ2) is 10.8. The molecule has 4 heteroatoms. The molecule has 2 N–H and O–H groups in total. The van der Waals surface area contributed by atoms with Crippen LogP contribution >= 0.6 is 0 Å². The lowest BCUT2D eigenvalue weighted by atomic mass is 9.98. The van der Waals surface area contributed by atoms with Gasteiger partial charge in [-0.1, -0.05) is 117 Å². The predicted octanol–water partition coefficient (Wildman–Crippen LogP) is 10.6. The molecule has 8 rings (SSSR count). The molecule has 7 aromatic rings. The third-order valence-corrected chi connectivity index (χ3v) is 8.96. The number of fused-ring (bicyclic) bond motifs is 7. The largest absolute Gasteiger partial charge is 0.455 e. The molecule has 0 saturated heterocycles. The van der Waals surface area contributed by atoms with Gasteiger partial charge in [0.2, 0.25) is 0 Å². The zero-order valence-corrected chi connectivity index (χ0v) is 25.3. The van der Waals surface area contributed by atoms with Crippen molar-refractivity contribution in [3.8, 4) is 11.1 Å². The Bertz CT molecular complexity index is 2350. The highest BCUT2D eigenvalue weighted by atomic mass is 16.3.